The molecule has 2 N–H and O–H groups in total. The Kier molecular flexibility index (Phi) is 12.2. The summed E-state index contributed by atoms with van der Waals surface area (Å²) < 4.78 is 49.7. The van der Waals surface area contributed by atoms with Crippen molar-refractivity contribution in [3.8, 4) is 0 Å². The third kappa shape index (κ3) is 7.36. The molecule has 1 aromatic heterocycles. The minimum atomic E-state index is -2.86. The molecule has 18 nitrogen and oxygen atoms in total. The molecular weight excluding hydrogens is 838 g/mol. The lowest BCUT2D eigenvalue weighted by Crippen LogP contribution is -2.89. The first-order valence-electron chi connectivity index (χ1n) is 20.6. The molecule has 1 spiro atoms. The number of ether oxygens (including phenoxy) is 8. The second-order valence-electron chi connectivity index (χ2n) is 17.1. The Labute approximate surface area is 367 Å². The number of hydrogen-bond acceptors (Lipinski definition) is 18. The summed E-state index contributed by atoms with van der Waals surface area (Å²) in [5, 5.41) is 26.7. The molecule has 3 heterocycles. The molecule has 2 saturated carbocycles. The van der Waals surface area contributed by atoms with Crippen LogP contribution in [-0.2, 0) is 57.1 Å². The predicted molar refractivity (Wildman–Crippen MR) is 216 cm³/mol. The highest BCUT2D eigenvalue weighted by Crippen LogP contribution is 2.69. The summed E-state index contributed by atoms with van der Waals surface area (Å²) in [5.41, 5.74) is -10.5. The van der Waals surface area contributed by atoms with E-state index >= 15 is 0 Å². The van der Waals surface area contributed by atoms with Crippen LogP contribution in [0.4, 0.5) is 0 Å². The van der Waals surface area contributed by atoms with Crippen molar-refractivity contribution >= 4 is 41.8 Å². The molecule has 340 valence electrons. The third-order valence-corrected chi connectivity index (χ3v) is 13.1. The van der Waals surface area contributed by atoms with Gasteiger partial charge in [0.25, 0.3) is 0 Å². The molecule has 4 aliphatic rings. The molecule has 64 heavy (non-hydrogen) atoms. The predicted octanol–water partition coefficient (Wildman–Crippen LogP) is 3.05. The number of carbonyl (C=O) groups is 7. The molecule has 13 atom stereocenters. The number of cyclic esters (lactones) is 1. The lowest BCUT2D eigenvalue weighted by atomic mass is 9.45. The molecule has 2 aromatic carbocycles. The zero-order valence-corrected chi connectivity index (χ0v) is 36.1. The summed E-state index contributed by atoms with van der Waals surface area (Å²) in [6.07, 6.45) is -11.1. The van der Waals surface area contributed by atoms with Crippen LogP contribution in [0.1, 0.15) is 91.2 Å². The highest BCUT2D eigenvalue weighted by Gasteiger charge is 2.91. The van der Waals surface area contributed by atoms with E-state index in [4.69, 9.17) is 37.9 Å². The Hall–Kier alpha value is -6.24. The Morgan fingerprint density at radius 2 is 1.30 bits per heavy atom. The van der Waals surface area contributed by atoms with E-state index in [1.807, 2.05) is 0 Å². The minimum Gasteiger partial charge on any atom is -0.465 e. The van der Waals surface area contributed by atoms with Crippen LogP contribution in [0, 0.1) is 17.3 Å². The van der Waals surface area contributed by atoms with E-state index in [1.54, 1.807) is 19.1 Å². The third-order valence-electron chi connectivity index (χ3n) is 13.1. The van der Waals surface area contributed by atoms with Gasteiger partial charge in [0.2, 0.25) is 0 Å². The largest absolute Gasteiger partial charge is 0.465 e. The van der Waals surface area contributed by atoms with Crippen LogP contribution in [0.25, 0.3) is 0 Å². The quantitative estimate of drug-likeness (QED) is 0.244. The number of pyridine rings is 1. The fourth-order valence-electron chi connectivity index (χ4n) is 10.1. The standard InChI is InChI=1S/C46H49NO17/c1-23-24(2)39(52)61-36-34(60-27(5)50)38(63-41(54)29-17-12-9-13-18-29)45(22-57-25(3)48)37(62-40(53)28-15-10-8-11-16-28)33(59-26(4)49)31-35(51)46(45,44(36,7)56)64-43(31,6)21-58-42(55)30-19-14-20-47-32(23)30/h8-20,23-24,31,33-38,51,56H,21-22H2,1-7H3/t23?,24?,31-,33-,34+,35-,36+,37-,38+,43+,44+,45-,46+/m1/s1. The number of rotatable bonds is 8. The lowest BCUT2D eigenvalue weighted by molar-refractivity contribution is -0.384. The van der Waals surface area contributed by atoms with Gasteiger partial charge in [0, 0.05) is 32.9 Å². The molecular formula is C46H49NO17. The van der Waals surface area contributed by atoms with E-state index in [1.165, 1.54) is 80.7 Å². The van der Waals surface area contributed by atoms with Crippen LogP contribution in [0.5, 0.6) is 0 Å². The van der Waals surface area contributed by atoms with Gasteiger partial charge in [0.05, 0.1) is 40.3 Å². The highest BCUT2D eigenvalue weighted by molar-refractivity contribution is 5.92. The minimum absolute atomic E-state index is 0.0386. The van der Waals surface area contributed by atoms with E-state index in [9.17, 15) is 43.8 Å². The van der Waals surface area contributed by atoms with E-state index in [0.29, 0.717) is 0 Å². The second-order valence-corrected chi connectivity index (χ2v) is 17.1. The van der Waals surface area contributed by atoms with Gasteiger partial charge in [-0.05, 0) is 50.2 Å². The van der Waals surface area contributed by atoms with Crippen LogP contribution in [0.3, 0.4) is 0 Å². The SMILES string of the molecule is CC(=O)OC[C@]12[C@H](OC(=O)c3ccccc3)[C@H](OC(C)=O)[C@@H]3[C@@H](O)[C@@]14O[C@@]3(C)COC(=O)c1cccnc1C(C)C(C)C(=O)O[C@@H]([C@H](OC(C)=O)[C@@H]2OC(=O)c1ccccc1)[C@]4(C)O. The molecule has 1 saturated heterocycles. The van der Waals surface area contributed by atoms with E-state index in [2.05, 4.69) is 4.98 Å². The smallest absolute Gasteiger partial charge is 0.340 e. The zero-order valence-electron chi connectivity index (χ0n) is 36.1. The normalized spacial score (nSPS) is 35.3. The number of hydrogen-bond donors (Lipinski definition) is 2. The fraction of sp³-hybridized carbons (Fsp3) is 0.478. The Morgan fingerprint density at radius 1 is 0.750 bits per heavy atom. The average molecular weight is 888 g/mol. The van der Waals surface area contributed by atoms with E-state index in [0.717, 1.165) is 27.7 Å². The number of benzene rings is 2. The number of carbonyl (C=O) groups excluding carboxylic acids is 7. The Bertz CT molecular complexity index is 2340. The summed E-state index contributed by atoms with van der Waals surface area (Å²) in [6, 6.07) is 17.9. The van der Waals surface area contributed by atoms with Gasteiger partial charge in [0.1, 0.15) is 41.5 Å². The van der Waals surface area contributed by atoms with Crippen LogP contribution < -0.4 is 0 Å². The van der Waals surface area contributed by atoms with Crippen molar-refractivity contribution in [3.63, 3.8) is 0 Å². The van der Waals surface area contributed by atoms with Gasteiger partial charge in [-0.2, -0.15) is 0 Å². The van der Waals surface area contributed by atoms with Crippen LogP contribution in [0.2, 0.25) is 0 Å². The highest BCUT2D eigenvalue weighted by atomic mass is 16.7. The summed E-state index contributed by atoms with van der Waals surface area (Å²) in [7, 11) is 0. The molecule has 0 radical (unpaired) electrons. The molecule has 4 bridgehead atoms. The zero-order chi connectivity index (χ0) is 46.5. The van der Waals surface area contributed by atoms with Crippen molar-refractivity contribution in [1.29, 1.82) is 0 Å². The molecule has 3 aromatic rings. The number of esters is 7. The van der Waals surface area contributed by atoms with Crippen molar-refractivity contribution in [1.82, 2.24) is 4.98 Å². The molecule has 3 fully saturated rings. The van der Waals surface area contributed by atoms with Gasteiger partial charge in [-0.15, -0.1) is 0 Å². The van der Waals surface area contributed by atoms with Gasteiger partial charge >= 0.3 is 41.8 Å². The fourth-order valence-corrected chi connectivity index (χ4v) is 10.1. The number of aromatic nitrogens is 1. The van der Waals surface area contributed by atoms with Crippen LogP contribution in [-0.4, -0.2) is 124 Å². The summed E-state index contributed by atoms with van der Waals surface area (Å²) in [6.45, 7) is 6.74. The summed E-state index contributed by atoms with van der Waals surface area (Å²) in [4.78, 5) is 102. The van der Waals surface area contributed by atoms with E-state index in [-0.39, 0.29) is 22.4 Å². The first-order chi connectivity index (χ1) is 30.2. The van der Waals surface area contributed by atoms with Crippen LogP contribution >= 0.6 is 0 Å². The first-order valence-corrected chi connectivity index (χ1v) is 20.6. The number of aliphatic hydroxyl groups is 2. The lowest BCUT2D eigenvalue weighted by Gasteiger charge is -2.67. The summed E-state index contributed by atoms with van der Waals surface area (Å²) >= 11 is 0. The number of nitrogens with zero attached hydrogens (tertiary/aromatic N) is 1. The average Bonchev–Trinajstić information content (AvgIpc) is 3.46. The maximum absolute atomic E-state index is 14.6. The van der Waals surface area contributed by atoms with Crippen molar-refractivity contribution in [2.75, 3.05) is 13.2 Å². The monoisotopic (exact) mass is 887 g/mol. The molecule has 7 rings (SSSR count). The molecule has 18 heteroatoms. The van der Waals surface area contributed by atoms with Crippen LogP contribution in [0.15, 0.2) is 79.0 Å². The van der Waals surface area contributed by atoms with Crippen molar-refractivity contribution < 1.29 is 81.7 Å². The molecule has 2 aliphatic carbocycles. The maximum Gasteiger partial charge on any atom is 0.340 e. The maximum atomic E-state index is 14.6. The van der Waals surface area contributed by atoms with Gasteiger partial charge in [-0.25, -0.2) is 14.4 Å². The Balaban J connectivity index is 1.61. The topological polar surface area (TPSA) is 247 Å². The molecule has 0 amide bonds. The number of aliphatic hydroxyl groups excluding tert-OH is 1. The second kappa shape index (κ2) is 17.0. The van der Waals surface area contributed by atoms with Gasteiger partial charge < -0.3 is 48.1 Å². The Morgan fingerprint density at radius 3 is 1.84 bits per heavy atom. The number of fused-ring (bicyclic) bond motifs is 5. The van der Waals surface area contributed by atoms with Crippen molar-refractivity contribution in [3.05, 3.63) is 101 Å². The van der Waals surface area contributed by atoms with Crippen molar-refractivity contribution in [2.24, 2.45) is 17.3 Å². The summed E-state index contributed by atoms with van der Waals surface area (Å²) in [5.74, 6) is -10.8. The van der Waals surface area contributed by atoms with Gasteiger partial charge in [-0.1, -0.05) is 50.2 Å². The van der Waals surface area contributed by atoms with E-state index < -0.39 is 132 Å². The van der Waals surface area contributed by atoms with Gasteiger partial charge in [0.15, 0.2) is 24.4 Å². The molecule has 2 unspecified atom stereocenters. The van der Waals surface area contributed by atoms with Gasteiger partial charge in [-0.3, -0.25) is 24.2 Å². The molecule has 2 aliphatic heterocycles. The van der Waals surface area contributed by atoms with Crippen molar-refractivity contribution in [2.45, 2.75) is 108 Å². The first kappa shape index (κ1) is 45.8.